The van der Waals surface area contributed by atoms with E-state index in [1.54, 1.807) is 11.8 Å². The lowest BCUT2D eigenvalue weighted by atomic mass is 10.0. The molecule has 0 spiro atoms. The summed E-state index contributed by atoms with van der Waals surface area (Å²) in [6.07, 6.45) is 1.94. The summed E-state index contributed by atoms with van der Waals surface area (Å²) in [4.78, 5) is 39.0. The lowest BCUT2D eigenvalue weighted by molar-refractivity contribution is -0.145. The molecule has 2 heterocycles. The van der Waals surface area contributed by atoms with Crippen LogP contribution in [-0.2, 0) is 9.59 Å². The minimum Gasteiger partial charge on any atom is -0.480 e. The van der Waals surface area contributed by atoms with Crippen LogP contribution in [0.4, 0.5) is 0 Å². The van der Waals surface area contributed by atoms with Crippen LogP contribution in [0.15, 0.2) is 4.52 Å². The molecule has 0 aromatic carbocycles. The van der Waals surface area contributed by atoms with Crippen molar-refractivity contribution in [3.05, 3.63) is 17.0 Å². The van der Waals surface area contributed by atoms with Gasteiger partial charge in [0, 0.05) is 32.0 Å². The second-order valence-corrected chi connectivity index (χ2v) is 7.08. The standard InChI is InChI=1S/C18H27N3O5/c1-11(2)17-16(12(3)19-26-17)18(25)20-8-5-6-14(7-9-20)21(13(4)22)10-15(23)24/h11,14H,5-10H2,1-4H3,(H,23,24). The van der Waals surface area contributed by atoms with Gasteiger partial charge in [0.05, 0.1) is 5.69 Å². The van der Waals surface area contributed by atoms with E-state index in [4.69, 9.17) is 9.63 Å². The van der Waals surface area contributed by atoms with Crippen LogP contribution in [0.1, 0.15) is 67.8 Å². The van der Waals surface area contributed by atoms with Gasteiger partial charge in [-0.3, -0.25) is 14.4 Å². The van der Waals surface area contributed by atoms with Crippen LogP contribution >= 0.6 is 0 Å². The normalized spacial score (nSPS) is 17.9. The fourth-order valence-electron chi connectivity index (χ4n) is 3.44. The van der Waals surface area contributed by atoms with Crippen LogP contribution in [0.2, 0.25) is 0 Å². The zero-order chi connectivity index (χ0) is 19.4. The van der Waals surface area contributed by atoms with Crippen molar-refractivity contribution in [2.45, 2.75) is 58.9 Å². The van der Waals surface area contributed by atoms with Crippen molar-refractivity contribution in [3.8, 4) is 0 Å². The number of hydrogen-bond acceptors (Lipinski definition) is 5. The molecule has 0 saturated carbocycles. The second kappa shape index (κ2) is 8.33. The quantitative estimate of drug-likeness (QED) is 0.856. The lowest BCUT2D eigenvalue weighted by Crippen LogP contribution is -2.43. The summed E-state index contributed by atoms with van der Waals surface area (Å²) in [5, 5.41) is 13.0. The smallest absolute Gasteiger partial charge is 0.323 e. The van der Waals surface area contributed by atoms with Gasteiger partial charge < -0.3 is 19.4 Å². The summed E-state index contributed by atoms with van der Waals surface area (Å²) >= 11 is 0. The molecule has 1 unspecified atom stereocenters. The zero-order valence-corrected chi connectivity index (χ0v) is 15.8. The molecule has 2 amide bonds. The summed E-state index contributed by atoms with van der Waals surface area (Å²) < 4.78 is 5.32. The van der Waals surface area contributed by atoms with Gasteiger partial charge in [-0.15, -0.1) is 0 Å². The van der Waals surface area contributed by atoms with Gasteiger partial charge in [0.25, 0.3) is 5.91 Å². The number of carbonyl (C=O) groups is 3. The molecule has 0 aliphatic carbocycles. The molecule has 8 nitrogen and oxygen atoms in total. The molecule has 144 valence electrons. The van der Waals surface area contributed by atoms with E-state index in [0.29, 0.717) is 49.4 Å². The SMILES string of the molecule is CC(=O)N(CC(=O)O)C1CCCN(C(=O)c2c(C)noc2C(C)C)CC1. The largest absolute Gasteiger partial charge is 0.480 e. The molecule has 1 aliphatic rings. The number of aryl methyl sites for hydroxylation is 1. The Morgan fingerprint density at radius 1 is 1.31 bits per heavy atom. The molecule has 1 atom stereocenters. The van der Waals surface area contributed by atoms with E-state index in [1.807, 2.05) is 13.8 Å². The number of aromatic nitrogens is 1. The molecule has 1 aromatic heterocycles. The average molecular weight is 365 g/mol. The van der Waals surface area contributed by atoms with Gasteiger partial charge in [-0.2, -0.15) is 0 Å². The Labute approximate surface area is 153 Å². The number of carbonyl (C=O) groups excluding carboxylic acids is 2. The molecule has 0 radical (unpaired) electrons. The Morgan fingerprint density at radius 3 is 2.58 bits per heavy atom. The monoisotopic (exact) mass is 365 g/mol. The van der Waals surface area contributed by atoms with E-state index in [0.717, 1.165) is 0 Å². The summed E-state index contributed by atoms with van der Waals surface area (Å²) in [5.74, 6) is -0.753. The van der Waals surface area contributed by atoms with Crippen molar-refractivity contribution >= 4 is 17.8 Å². The van der Waals surface area contributed by atoms with Gasteiger partial charge in [0.1, 0.15) is 12.1 Å². The van der Waals surface area contributed by atoms with Crippen LogP contribution in [0.3, 0.4) is 0 Å². The summed E-state index contributed by atoms with van der Waals surface area (Å²) in [7, 11) is 0. The minimum absolute atomic E-state index is 0.0543. The van der Waals surface area contributed by atoms with E-state index in [2.05, 4.69) is 5.16 Å². The third-order valence-corrected chi connectivity index (χ3v) is 4.76. The van der Waals surface area contributed by atoms with Crippen LogP contribution in [0.5, 0.6) is 0 Å². The maximum Gasteiger partial charge on any atom is 0.323 e. The first-order valence-electron chi connectivity index (χ1n) is 8.96. The molecule has 26 heavy (non-hydrogen) atoms. The molecular formula is C18H27N3O5. The van der Waals surface area contributed by atoms with E-state index in [-0.39, 0.29) is 30.3 Å². The van der Waals surface area contributed by atoms with Crippen LogP contribution < -0.4 is 0 Å². The van der Waals surface area contributed by atoms with Gasteiger partial charge in [-0.05, 0) is 26.2 Å². The molecule has 1 N–H and O–H groups in total. The van der Waals surface area contributed by atoms with Gasteiger partial charge in [-0.25, -0.2) is 0 Å². The van der Waals surface area contributed by atoms with Crippen molar-refractivity contribution in [2.75, 3.05) is 19.6 Å². The van der Waals surface area contributed by atoms with Crippen molar-refractivity contribution in [1.29, 1.82) is 0 Å². The van der Waals surface area contributed by atoms with Gasteiger partial charge in [0.2, 0.25) is 5.91 Å². The molecule has 8 heteroatoms. The number of nitrogens with zero attached hydrogens (tertiary/aromatic N) is 3. The topological polar surface area (TPSA) is 104 Å². The van der Waals surface area contributed by atoms with Crippen molar-refractivity contribution < 1.29 is 24.0 Å². The van der Waals surface area contributed by atoms with E-state index in [9.17, 15) is 14.4 Å². The van der Waals surface area contributed by atoms with Crippen LogP contribution in [0, 0.1) is 6.92 Å². The number of amides is 2. The van der Waals surface area contributed by atoms with Crippen LogP contribution in [-0.4, -0.2) is 63.5 Å². The number of rotatable bonds is 5. The minimum atomic E-state index is -1.03. The number of carboxylic acids is 1. The Hall–Kier alpha value is -2.38. The fourth-order valence-corrected chi connectivity index (χ4v) is 3.44. The van der Waals surface area contributed by atoms with E-state index in [1.165, 1.54) is 11.8 Å². The summed E-state index contributed by atoms with van der Waals surface area (Å²) in [6, 6.07) is -0.172. The van der Waals surface area contributed by atoms with Crippen molar-refractivity contribution in [3.63, 3.8) is 0 Å². The predicted octanol–water partition coefficient (Wildman–Crippen LogP) is 2.03. The Bertz CT molecular complexity index is 682. The second-order valence-electron chi connectivity index (χ2n) is 7.08. The number of hydrogen-bond donors (Lipinski definition) is 1. The third-order valence-electron chi connectivity index (χ3n) is 4.76. The molecule has 1 saturated heterocycles. The summed E-state index contributed by atoms with van der Waals surface area (Å²) in [5.41, 5.74) is 1.10. The molecule has 1 fully saturated rings. The molecule has 1 aliphatic heterocycles. The highest BCUT2D eigenvalue weighted by Crippen LogP contribution is 2.25. The molecule has 1 aromatic rings. The first kappa shape index (κ1) is 19.9. The number of likely N-dealkylation sites (tertiary alicyclic amines) is 1. The van der Waals surface area contributed by atoms with E-state index < -0.39 is 5.97 Å². The van der Waals surface area contributed by atoms with Crippen molar-refractivity contribution in [2.24, 2.45) is 0 Å². The fraction of sp³-hybridized carbons (Fsp3) is 0.667. The zero-order valence-electron chi connectivity index (χ0n) is 15.8. The maximum absolute atomic E-state index is 13.0. The van der Waals surface area contributed by atoms with E-state index >= 15 is 0 Å². The predicted molar refractivity (Wildman–Crippen MR) is 93.9 cm³/mol. The highest BCUT2D eigenvalue weighted by atomic mass is 16.5. The highest BCUT2D eigenvalue weighted by molar-refractivity contribution is 5.96. The first-order valence-corrected chi connectivity index (χ1v) is 8.96. The average Bonchev–Trinajstić information content (AvgIpc) is 2.79. The number of aliphatic carboxylic acids is 1. The summed E-state index contributed by atoms with van der Waals surface area (Å²) in [6.45, 7) is 7.76. The molecule has 2 rings (SSSR count). The van der Waals surface area contributed by atoms with Gasteiger partial charge in [-0.1, -0.05) is 19.0 Å². The lowest BCUT2D eigenvalue weighted by Gasteiger charge is -2.28. The Kier molecular flexibility index (Phi) is 6.39. The Morgan fingerprint density at radius 2 is 2.00 bits per heavy atom. The van der Waals surface area contributed by atoms with Gasteiger partial charge >= 0.3 is 5.97 Å². The van der Waals surface area contributed by atoms with Gasteiger partial charge in [0.15, 0.2) is 5.76 Å². The van der Waals surface area contributed by atoms with Crippen LogP contribution in [0.25, 0.3) is 0 Å². The third kappa shape index (κ3) is 4.42. The molecular weight excluding hydrogens is 338 g/mol. The number of carboxylic acid groups (broad SMARTS) is 1. The maximum atomic E-state index is 13.0. The first-order chi connectivity index (χ1) is 12.2. The van der Waals surface area contributed by atoms with Crippen molar-refractivity contribution in [1.82, 2.24) is 15.0 Å². The Balaban J connectivity index is 2.13. The highest BCUT2D eigenvalue weighted by Gasteiger charge is 2.31. The molecule has 0 bridgehead atoms.